The van der Waals surface area contributed by atoms with Crippen LogP contribution in [0.2, 0.25) is 0 Å². The topological polar surface area (TPSA) is 99.9 Å². The van der Waals surface area contributed by atoms with Gasteiger partial charge in [-0.15, -0.1) is 5.10 Å². The molecule has 1 aliphatic carbocycles. The number of hydrogen-bond donors (Lipinski definition) is 2. The summed E-state index contributed by atoms with van der Waals surface area (Å²) in [4.78, 5) is 19.7. The lowest BCUT2D eigenvalue weighted by molar-refractivity contribution is 0.234. The molecule has 5 rings (SSSR count). The van der Waals surface area contributed by atoms with Gasteiger partial charge in [-0.3, -0.25) is 0 Å². The van der Waals surface area contributed by atoms with E-state index >= 15 is 0 Å². The zero-order valence-electron chi connectivity index (χ0n) is 19.4. The first-order chi connectivity index (χ1) is 15.9. The first-order valence-corrected chi connectivity index (χ1v) is 11.3. The van der Waals surface area contributed by atoms with Crippen LogP contribution in [-0.2, 0) is 7.05 Å². The number of aryl methyl sites for hydroxylation is 2. The largest absolute Gasteiger partial charge is 0.364 e. The van der Waals surface area contributed by atoms with Gasteiger partial charge >= 0.3 is 0 Å². The van der Waals surface area contributed by atoms with Gasteiger partial charge in [-0.2, -0.15) is 14.9 Å². The third kappa shape index (κ3) is 4.58. The molecule has 3 aromatic heterocycles. The van der Waals surface area contributed by atoms with Gasteiger partial charge < -0.3 is 20.4 Å². The maximum atomic E-state index is 14.5. The number of aromatic nitrogens is 6. The van der Waals surface area contributed by atoms with Crippen molar-refractivity contribution in [1.29, 1.82) is 0 Å². The maximum absolute atomic E-state index is 14.5. The van der Waals surface area contributed by atoms with Gasteiger partial charge in [-0.05, 0) is 51.3 Å². The monoisotopic (exact) mass is 452 g/mol. The number of hydrogen-bond acceptors (Lipinski definition) is 9. The molecule has 0 spiro atoms. The van der Waals surface area contributed by atoms with Crippen molar-refractivity contribution < 1.29 is 4.39 Å². The summed E-state index contributed by atoms with van der Waals surface area (Å²) >= 11 is 0. The molecule has 10 nitrogen and oxygen atoms in total. The van der Waals surface area contributed by atoms with Gasteiger partial charge in [0.15, 0.2) is 11.6 Å². The minimum atomic E-state index is -0.214. The third-order valence-corrected chi connectivity index (χ3v) is 6.32. The van der Waals surface area contributed by atoms with Gasteiger partial charge in [-0.1, -0.05) is 0 Å². The molecule has 174 valence electrons. The molecule has 3 aromatic rings. The zero-order valence-corrected chi connectivity index (χ0v) is 19.4. The Morgan fingerprint density at radius 2 is 1.88 bits per heavy atom. The van der Waals surface area contributed by atoms with E-state index in [1.165, 1.54) is 4.80 Å². The number of likely N-dealkylation sites (N-methyl/N-ethyl adjacent to an activating group) is 1. The fourth-order valence-electron chi connectivity index (χ4n) is 4.10. The highest BCUT2D eigenvalue weighted by Crippen LogP contribution is 2.42. The van der Waals surface area contributed by atoms with Gasteiger partial charge in [0.1, 0.15) is 11.6 Å². The highest BCUT2D eigenvalue weighted by Gasteiger charge is 2.28. The van der Waals surface area contributed by atoms with Gasteiger partial charge in [-0.25, -0.2) is 14.4 Å². The number of pyridine rings is 1. The average Bonchev–Trinajstić information content (AvgIpc) is 3.55. The van der Waals surface area contributed by atoms with Gasteiger partial charge in [0.05, 0.1) is 23.8 Å². The minimum absolute atomic E-state index is 0.214. The summed E-state index contributed by atoms with van der Waals surface area (Å²) in [6.07, 6.45) is 5.49. The van der Waals surface area contributed by atoms with Crippen molar-refractivity contribution in [2.45, 2.75) is 38.6 Å². The fraction of sp³-hybridized carbons (Fsp3) is 0.500. The summed E-state index contributed by atoms with van der Waals surface area (Å²) in [5.41, 5.74) is 1.99. The van der Waals surface area contributed by atoms with Crippen molar-refractivity contribution in [1.82, 2.24) is 34.8 Å². The lowest BCUT2D eigenvalue weighted by atomic mass is 10.1. The Hall–Kier alpha value is -3.34. The number of nitrogens with zero attached hydrogens (tertiary/aromatic N) is 8. The Bertz CT molecular complexity index is 1160. The van der Waals surface area contributed by atoms with Gasteiger partial charge in [0.25, 0.3) is 0 Å². The van der Waals surface area contributed by atoms with Crippen LogP contribution >= 0.6 is 0 Å². The van der Waals surface area contributed by atoms with Crippen molar-refractivity contribution in [3.8, 4) is 0 Å². The van der Waals surface area contributed by atoms with E-state index in [9.17, 15) is 4.39 Å². The highest BCUT2D eigenvalue weighted by molar-refractivity contribution is 5.71. The Morgan fingerprint density at radius 1 is 1.06 bits per heavy atom. The third-order valence-electron chi connectivity index (χ3n) is 6.32. The molecule has 4 heterocycles. The van der Waals surface area contributed by atoms with Crippen molar-refractivity contribution in [2.24, 2.45) is 7.05 Å². The number of halogens is 1. The normalized spacial score (nSPS) is 19.1. The van der Waals surface area contributed by atoms with Gasteiger partial charge in [0.2, 0.25) is 5.95 Å². The molecule has 0 bridgehead atoms. The Labute approximate surface area is 192 Å². The van der Waals surface area contributed by atoms with Crippen LogP contribution in [0.4, 0.5) is 33.5 Å². The van der Waals surface area contributed by atoms with Crippen LogP contribution in [0.1, 0.15) is 36.9 Å². The van der Waals surface area contributed by atoms with E-state index in [1.807, 2.05) is 6.20 Å². The van der Waals surface area contributed by atoms with E-state index in [0.29, 0.717) is 40.7 Å². The first-order valence-electron chi connectivity index (χ1n) is 11.3. The second kappa shape index (κ2) is 8.54. The fourth-order valence-corrected chi connectivity index (χ4v) is 4.10. The molecule has 11 heteroatoms. The molecule has 1 saturated heterocycles. The molecule has 33 heavy (non-hydrogen) atoms. The maximum Gasteiger partial charge on any atom is 0.230 e. The molecule has 0 aromatic carbocycles. The van der Waals surface area contributed by atoms with Crippen molar-refractivity contribution in [3.05, 3.63) is 35.5 Å². The quantitative estimate of drug-likeness (QED) is 0.585. The van der Waals surface area contributed by atoms with E-state index in [1.54, 1.807) is 26.2 Å². The lowest BCUT2D eigenvalue weighted by Gasteiger charge is -2.39. The summed E-state index contributed by atoms with van der Waals surface area (Å²) < 4.78 is 14.5. The molecule has 0 radical (unpaired) electrons. The zero-order chi connectivity index (χ0) is 23.1. The second-order valence-corrected chi connectivity index (χ2v) is 8.94. The Morgan fingerprint density at radius 3 is 2.58 bits per heavy atom. The lowest BCUT2D eigenvalue weighted by Crippen LogP contribution is -2.50. The van der Waals surface area contributed by atoms with Gasteiger partial charge in [0, 0.05) is 32.7 Å². The number of anilines is 5. The molecule has 2 fully saturated rings. The molecule has 2 aliphatic rings. The second-order valence-electron chi connectivity index (χ2n) is 8.94. The Kier molecular flexibility index (Phi) is 5.57. The van der Waals surface area contributed by atoms with Crippen LogP contribution in [0.25, 0.3) is 0 Å². The molecular weight excluding hydrogens is 423 g/mol. The molecular formula is C22H29FN10. The van der Waals surface area contributed by atoms with Crippen LogP contribution < -0.4 is 15.5 Å². The molecule has 1 atom stereocenters. The highest BCUT2D eigenvalue weighted by atomic mass is 19.1. The van der Waals surface area contributed by atoms with Crippen LogP contribution in [-0.4, -0.2) is 67.6 Å². The molecule has 0 unspecified atom stereocenters. The summed E-state index contributed by atoms with van der Waals surface area (Å²) in [6, 6.07) is 2.18. The number of rotatable bonds is 6. The smallest absolute Gasteiger partial charge is 0.230 e. The Balaban J connectivity index is 1.46. The average molecular weight is 453 g/mol. The van der Waals surface area contributed by atoms with Crippen LogP contribution in [0, 0.1) is 12.7 Å². The number of nitrogens with one attached hydrogen (secondary N) is 2. The van der Waals surface area contributed by atoms with E-state index in [0.717, 1.165) is 38.2 Å². The van der Waals surface area contributed by atoms with E-state index in [2.05, 4.69) is 54.6 Å². The first kappa shape index (κ1) is 21.5. The summed E-state index contributed by atoms with van der Waals surface area (Å²) in [5, 5.41) is 14.9. The summed E-state index contributed by atoms with van der Waals surface area (Å²) in [7, 11) is 3.90. The minimum Gasteiger partial charge on any atom is -0.364 e. The van der Waals surface area contributed by atoms with Crippen LogP contribution in [0.15, 0.2) is 18.5 Å². The molecule has 1 aliphatic heterocycles. The summed E-state index contributed by atoms with van der Waals surface area (Å²) in [6.45, 7) is 6.58. The number of piperazine rings is 1. The molecule has 1 saturated carbocycles. The van der Waals surface area contributed by atoms with E-state index in [4.69, 9.17) is 4.98 Å². The van der Waals surface area contributed by atoms with Crippen LogP contribution in [0.5, 0.6) is 0 Å². The van der Waals surface area contributed by atoms with E-state index < -0.39 is 0 Å². The summed E-state index contributed by atoms with van der Waals surface area (Å²) in [5.74, 6) is 2.22. The molecule has 0 amide bonds. The predicted molar refractivity (Wildman–Crippen MR) is 125 cm³/mol. The van der Waals surface area contributed by atoms with Crippen molar-refractivity contribution >= 4 is 29.1 Å². The van der Waals surface area contributed by atoms with E-state index in [-0.39, 0.29) is 11.7 Å². The van der Waals surface area contributed by atoms with Crippen LogP contribution in [0.3, 0.4) is 0 Å². The standard InChI is InChI=1S/C22H29FN10/c1-13-12-33(8-7-31(13)3)17-10-24-22(29-21(17)27-19-11-25-32(4)30-19)28-18-9-16(15-5-6-15)20(23)14(2)26-18/h9-11,13,15H,5-8,12H2,1-4H3,(H2,24,26,27,28,29,30)/t13-/m1/s1. The van der Waals surface area contributed by atoms with Crippen molar-refractivity contribution in [2.75, 3.05) is 42.2 Å². The van der Waals surface area contributed by atoms with Crippen molar-refractivity contribution in [3.63, 3.8) is 0 Å². The molecule has 2 N–H and O–H groups in total. The predicted octanol–water partition coefficient (Wildman–Crippen LogP) is 2.95. The SMILES string of the molecule is Cc1nc(Nc2ncc(N3CCN(C)[C@H](C)C3)c(Nc3cnn(C)n3)n2)cc(C2CC2)c1F.